The molecule has 0 aliphatic rings. The lowest BCUT2D eigenvalue weighted by Crippen LogP contribution is -2.07. The molecule has 0 spiro atoms. The van der Waals surface area contributed by atoms with Crippen LogP contribution in [0.1, 0.15) is 30.1 Å². The fourth-order valence-electron chi connectivity index (χ4n) is 1.49. The molecule has 0 aromatic heterocycles. The Hall–Kier alpha value is -2.17. The minimum atomic E-state index is -0.201. The number of nitrogens with one attached hydrogen (secondary N) is 1. The Morgan fingerprint density at radius 1 is 1.33 bits per heavy atom. The summed E-state index contributed by atoms with van der Waals surface area (Å²) in [5, 5.41) is 2.45. The Balaban J connectivity index is 2.98. The average molecular weight is 249 g/mol. The summed E-state index contributed by atoms with van der Waals surface area (Å²) >= 11 is 0. The highest BCUT2D eigenvalue weighted by Crippen LogP contribution is 2.23. The van der Waals surface area contributed by atoms with Crippen LogP contribution < -0.4 is 10.1 Å². The van der Waals surface area contributed by atoms with E-state index in [0.717, 1.165) is 0 Å². The Labute approximate surface area is 105 Å². The molecule has 0 aliphatic heterocycles. The Morgan fingerprint density at radius 3 is 2.61 bits per heavy atom. The zero-order chi connectivity index (χ0) is 13.5. The predicted octanol–water partition coefficient (Wildman–Crippen LogP) is 1.82. The third kappa shape index (κ3) is 3.69. The smallest absolute Gasteiger partial charge is 0.211 e. The van der Waals surface area contributed by atoms with Gasteiger partial charge in [0.2, 0.25) is 6.41 Å². The van der Waals surface area contributed by atoms with Crippen LogP contribution in [0.2, 0.25) is 0 Å². The molecule has 0 fully saturated rings. The van der Waals surface area contributed by atoms with Crippen LogP contribution in [0.25, 0.3) is 0 Å². The summed E-state index contributed by atoms with van der Waals surface area (Å²) in [5.41, 5.74) is 0.766. The number of Topliss-reactive ketones (excluding diaryl/α,β-unsaturated/α-hetero) is 2. The van der Waals surface area contributed by atoms with E-state index >= 15 is 0 Å². The molecule has 1 aromatic carbocycles. The number of anilines is 1. The molecule has 96 valence electrons. The maximum atomic E-state index is 11.9. The molecular formula is C13H15NO4. The molecule has 1 N–H and O–H groups in total. The lowest BCUT2D eigenvalue weighted by molar-refractivity contribution is -0.117. The molecule has 1 rings (SSSR count). The van der Waals surface area contributed by atoms with Crippen molar-refractivity contribution in [2.75, 3.05) is 12.4 Å². The molecular weight excluding hydrogens is 234 g/mol. The van der Waals surface area contributed by atoms with E-state index in [1.807, 2.05) is 0 Å². The molecule has 5 heteroatoms. The van der Waals surface area contributed by atoms with Crippen molar-refractivity contribution < 1.29 is 19.1 Å². The first-order valence-electron chi connectivity index (χ1n) is 5.49. The van der Waals surface area contributed by atoms with Crippen molar-refractivity contribution in [3.63, 3.8) is 0 Å². The number of amides is 1. The summed E-state index contributed by atoms with van der Waals surface area (Å²) in [6, 6.07) is 4.79. The number of benzene rings is 1. The number of carbonyl (C=O) groups is 3. The number of hydrogen-bond donors (Lipinski definition) is 1. The van der Waals surface area contributed by atoms with Crippen molar-refractivity contribution in [2.45, 2.75) is 19.8 Å². The standard InChI is InChI=1S/C13H15NO4/c1-9(16)3-6-13(17)11-7-10(18-2)4-5-12(11)14-8-15/h4-5,7-8H,3,6H2,1-2H3,(H,14,15). The minimum absolute atomic E-state index is 0.0452. The summed E-state index contributed by atoms with van der Waals surface area (Å²) in [7, 11) is 1.49. The van der Waals surface area contributed by atoms with E-state index in [0.29, 0.717) is 23.4 Å². The lowest BCUT2D eigenvalue weighted by atomic mass is 10.0. The van der Waals surface area contributed by atoms with Crippen molar-refractivity contribution >= 4 is 23.7 Å². The van der Waals surface area contributed by atoms with Crippen molar-refractivity contribution in [1.29, 1.82) is 0 Å². The fraction of sp³-hybridized carbons (Fsp3) is 0.308. The van der Waals surface area contributed by atoms with Gasteiger partial charge in [0, 0.05) is 18.4 Å². The third-order valence-electron chi connectivity index (χ3n) is 2.45. The zero-order valence-electron chi connectivity index (χ0n) is 10.4. The molecule has 5 nitrogen and oxygen atoms in total. The fourth-order valence-corrected chi connectivity index (χ4v) is 1.49. The van der Waals surface area contributed by atoms with E-state index < -0.39 is 0 Å². The molecule has 0 saturated carbocycles. The third-order valence-corrected chi connectivity index (χ3v) is 2.45. The highest BCUT2D eigenvalue weighted by molar-refractivity contribution is 6.04. The number of rotatable bonds is 7. The quantitative estimate of drug-likeness (QED) is 0.591. The average Bonchev–Trinajstić information content (AvgIpc) is 2.36. The van der Waals surface area contributed by atoms with Gasteiger partial charge in [-0.15, -0.1) is 0 Å². The van der Waals surface area contributed by atoms with Crippen molar-refractivity contribution in [3.05, 3.63) is 23.8 Å². The van der Waals surface area contributed by atoms with Gasteiger partial charge in [0.05, 0.1) is 12.8 Å². The molecule has 0 unspecified atom stereocenters. The molecule has 0 atom stereocenters. The summed E-state index contributed by atoms with van der Waals surface area (Å²) in [6.45, 7) is 1.43. The molecule has 0 bridgehead atoms. The van der Waals surface area contributed by atoms with Gasteiger partial charge in [0.15, 0.2) is 5.78 Å². The molecule has 18 heavy (non-hydrogen) atoms. The number of carbonyl (C=O) groups excluding carboxylic acids is 3. The highest BCUT2D eigenvalue weighted by atomic mass is 16.5. The van der Waals surface area contributed by atoms with Gasteiger partial charge in [-0.1, -0.05) is 0 Å². The second-order valence-corrected chi connectivity index (χ2v) is 3.80. The van der Waals surface area contributed by atoms with E-state index in [4.69, 9.17) is 4.74 Å². The maximum Gasteiger partial charge on any atom is 0.211 e. The van der Waals surface area contributed by atoms with Gasteiger partial charge in [0.1, 0.15) is 11.5 Å². The second-order valence-electron chi connectivity index (χ2n) is 3.80. The van der Waals surface area contributed by atoms with Crippen LogP contribution in [0.4, 0.5) is 5.69 Å². The number of hydrogen-bond acceptors (Lipinski definition) is 4. The van der Waals surface area contributed by atoms with E-state index in [-0.39, 0.29) is 24.4 Å². The van der Waals surface area contributed by atoms with Crippen LogP contribution in [0.5, 0.6) is 5.75 Å². The van der Waals surface area contributed by atoms with E-state index in [9.17, 15) is 14.4 Å². The topological polar surface area (TPSA) is 72.5 Å². The summed E-state index contributed by atoms with van der Waals surface area (Å²) in [6.07, 6.45) is 0.816. The Bertz CT molecular complexity index is 468. The monoisotopic (exact) mass is 249 g/mol. The van der Waals surface area contributed by atoms with Crippen LogP contribution in [-0.4, -0.2) is 25.1 Å². The van der Waals surface area contributed by atoms with Crippen molar-refractivity contribution in [1.82, 2.24) is 0 Å². The Kier molecular flexibility index (Phi) is 5.05. The first kappa shape index (κ1) is 13.9. The van der Waals surface area contributed by atoms with Gasteiger partial charge >= 0.3 is 0 Å². The molecule has 0 radical (unpaired) electrons. The predicted molar refractivity (Wildman–Crippen MR) is 66.9 cm³/mol. The van der Waals surface area contributed by atoms with E-state index in [1.165, 1.54) is 14.0 Å². The molecule has 1 aromatic rings. The summed E-state index contributed by atoms with van der Waals surface area (Å²) in [4.78, 5) is 33.3. The lowest BCUT2D eigenvalue weighted by Gasteiger charge is -2.09. The zero-order valence-corrected chi connectivity index (χ0v) is 10.4. The summed E-state index contributed by atoms with van der Waals surface area (Å²) in [5.74, 6) is 0.280. The van der Waals surface area contributed by atoms with Gasteiger partial charge in [-0.2, -0.15) is 0 Å². The highest BCUT2D eigenvalue weighted by Gasteiger charge is 2.13. The van der Waals surface area contributed by atoms with Crippen LogP contribution in [0, 0.1) is 0 Å². The van der Waals surface area contributed by atoms with Crippen LogP contribution in [0.15, 0.2) is 18.2 Å². The molecule has 0 saturated heterocycles. The van der Waals surface area contributed by atoms with Crippen molar-refractivity contribution in [2.24, 2.45) is 0 Å². The van der Waals surface area contributed by atoms with Gasteiger partial charge in [-0.05, 0) is 25.1 Å². The molecule has 0 aliphatic carbocycles. The van der Waals surface area contributed by atoms with Gasteiger partial charge in [-0.25, -0.2) is 0 Å². The minimum Gasteiger partial charge on any atom is -0.497 e. The second kappa shape index (κ2) is 6.54. The van der Waals surface area contributed by atoms with Gasteiger partial charge in [0.25, 0.3) is 0 Å². The van der Waals surface area contributed by atoms with Crippen molar-refractivity contribution in [3.8, 4) is 5.75 Å². The largest absolute Gasteiger partial charge is 0.497 e. The summed E-state index contributed by atoms with van der Waals surface area (Å²) < 4.78 is 5.03. The molecule has 1 amide bonds. The number of methoxy groups -OCH3 is 1. The Morgan fingerprint density at radius 2 is 2.06 bits per heavy atom. The normalized spacial score (nSPS) is 9.67. The van der Waals surface area contributed by atoms with Crippen LogP contribution in [0.3, 0.4) is 0 Å². The van der Waals surface area contributed by atoms with E-state index in [1.54, 1.807) is 18.2 Å². The van der Waals surface area contributed by atoms with Crippen LogP contribution >= 0.6 is 0 Å². The number of ether oxygens (including phenoxy) is 1. The first-order chi connectivity index (χ1) is 8.58. The SMILES string of the molecule is COc1ccc(NC=O)c(C(=O)CCC(C)=O)c1. The van der Waals surface area contributed by atoms with Gasteiger partial charge < -0.3 is 14.8 Å². The van der Waals surface area contributed by atoms with Gasteiger partial charge in [-0.3, -0.25) is 9.59 Å². The van der Waals surface area contributed by atoms with Crippen LogP contribution in [-0.2, 0) is 9.59 Å². The first-order valence-corrected chi connectivity index (χ1v) is 5.49. The van der Waals surface area contributed by atoms with E-state index in [2.05, 4.69) is 5.32 Å². The number of ketones is 2. The maximum absolute atomic E-state index is 11.9. The molecule has 0 heterocycles.